The van der Waals surface area contributed by atoms with Crippen LogP contribution in [0.2, 0.25) is 0 Å². The second-order valence-corrected chi connectivity index (χ2v) is 3.83. The van der Waals surface area contributed by atoms with Crippen LogP contribution in [0.25, 0.3) is 0 Å². The molecule has 0 fully saturated rings. The third-order valence-electron chi connectivity index (χ3n) is 2.31. The van der Waals surface area contributed by atoms with E-state index in [0.29, 0.717) is 6.42 Å². The number of rotatable bonds is 10. The zero-order valence-corrected chi connectivity index (χ0v) is 9.21. The molecular formula is C11H21NO3. The molecule has 0 aliphatic heterocycles. The summed E-state index contributed by atoms with van der Waals surface area (Å²) in [5, 5.41) is 8.39. The first-order chi connectivity index (χ1) is 7.13. The van der Waals surface area contributed by atoms with Crippen molar-refractivity contribution in [3.05, 3.63) is 0 Å². The van der Waals surface area contributed by atoms with Crippen molar-refractivity contribution in [2.45, 2.75) is 57.8 Å². The number of amides is 1. The standard InChI is InChI=1S/C11H21NO3/c12-10(13)8-6-4-2-1-3-5-7-9-11(14)15/h1-9H2,(H2,12,13)(H,14,15). The van der Waals surface area contributed by atoms with E-state index in [1.54, 1.807) is 0 Å². The van der Waals surface area contributed by atoms with Gasteiger partial charge in [0, 0.05) is 12.8 Å². The van der Waals surface area contributed by atoms with Crippen LogP contribution in [-0.4, -0.2) is 17.0 Å². The molecule has 0 saturated heterocycles. The fraction of sp³-hybridized carbons (Fsp3) is 0.818. The summed E-state index contributed by atoms with van der Waals surface area (Å²) < 4.78 is 0. The molecule has 4 heteroatoms. The molecule has 15 heavy (non-hydrogen) atoms. The number of carbonyl (C=O) groups is 2. The number of carboxylic acid groups (broad SMARTS) is 1. The van der Waals surface area contributed by atoms with Crippen molar-refractivity contribution in [1.82, 2.24) is 0 Å². The minimum Gasteiger partial charge on any atom is -0.481 e. The van der Waals surface area contributed by atoms with E-state index in [-0.39, 0.29) is 12.3 Å². The molecule has 0 radical (unpaired) electrons. The van der Waals surface area contributed by atoms with Crippen LogP contribution in [0.15, 0.2) is 0 Å². The fourth-order valence-corrected chi connectivity index (χ4v) is 1.46. The summed E-state index contributed by atoms with van der Waals surface area (Å²) in [6.07, 6.45) is 7.77. The van der Waals surface area contributed by atoms with Crippen LogP contribution < -0.4 is 5.73 Å². The monoisotopic (exact) mass is 215 g/mol. The number of primary amides is 1. The highest BCUT2D eigenvalue weighted by Gasteiger charge is 1.97. The molecule has 4 nitrogen and oxygen atoms in total. The largest absolute Gasteiger partial charge is 0.481 e. The number of hydrogen-bond acceptors (Lipinski definition) is 2. The van der Waals surface area contributed by atoms with Crippen molar-refractivity contribution < 1.29 is 14.7 Å². The highest BCUT2D eigenvalue weighted by molar-refractivity contribution is 5.73. The first kappa shape index (κ1) is 13.9. The number of carbonyl (C=O) groups excluding carboxylic acids is 1. The number of carboxylic acids is 1. The van der Waals surface area contributed by atoms with Crippen molar-refractivity contribution in [3.8, 4) is 0 Å². The molecule has 0 heterocycles. The molecule has 0 spiro atoms. The van der Waals surface area contributed by atoms with Crippen molar-refractivity contribution in [3.63, 3.8) is 0 Å². The maximum atomic E-state index is 10.4. The van der Waals surface area contributed by atoms with E-state index in [1.165, 1.54) is 0 Å². The molecule has 1 amide bonds. The van der Waals surface area contributed by atoms with Gasteiger partial charge in [0.1, 0.15) is 0 Å². The van der Waals surface area contributed by atoms with Gasteiger partial charge in [0.15, 0.2) is 0 Å². The van der Waals surface area contributed by atoms with Gasteiger partial charge in [-0.2, -0.15) is 0 Å². The lowest BCUT2D eigenvalue weighted by Crippen LogP contribution is -2.09. The molecule has 0 aromatic carbocycles. The summed E-state index contributed by atoms with van der Waals surface area (Å²) >= 11 is 0. The molecule has 3 N–H and O–H groups in total. The smallest absolute Gasteiger partial charge is 0.303 e. The molecule has 88 valence electrons. The van der Waals surface area contributed by atoms with Gasteiger partial charge in [-0.25, -0.2) is 0 Å². The van der Waals surface area contributed by atoms with Crippen LogP contribution in [0.4, 0.5) is 0 Å². The van der Waals surface area contributed by atoms with E-state index >= 15 is 0 Å². The second-order valence-electron chi connectivity index (χ2n) is 3.83. The zero-order valence-electron chi connectivity index (χ0n) is 9.21. The minimum atomic E-state index is -0.712. The molecule has 0 aliphatic rings. The van der Waals surface area contributed by atoms with E-state index < -0.39 is 5.97 Å². The molecule has 0 aliphatic carbocycles. The van der Waals surface area contributed by atoms with Gasteiger partial charge in [-0.15, -0.1) is 0 Å². The Balaban J connectivity index is 2.99. The van der Waals surface area contributed by atoms with Crippen LogP contribution in [0.3, 0.4) is 0 Å². The highest BCUT2D eigenvalue weighted by Crippen LogP contribution is 2.09. The van der Waals surface area contributed by atoms with E-state index in [0.717, 1.165) is 44.9 Å². The zero-order chi connectivity index (χ0) is 11.5. The summed E-state index contributed by atoms with van der Waals surface area (Å²) in [5.41, 5.74) is 5.01. The Bertz CT molecular complexity index is 172. The Morgan fingerprint density at radius 1 is 0.800 bits per heavy atom. The SMILES string of the molecule is NC(=O)CCCCCCCCCC(=O)O. The maximum absolute atomic E-state index is 10.4. The molecule has 0 rings (SSSR count). The predicted molar refractivity (Wildman–Crippen MR) is 58.4 cm³/mol. The lowest BCUT2D eigenvalue weighted by Gasteiger charge is -2.00. The van der Waals surface area contributed by atoms with Gasteiger partial charge in [0.05, 0.1) is 0 Å². The molecule has 0 aromatic heterocycles. The summed E-state index contributed by atoms with van der Waals surface area (Å²) in [5.74, 6) is -0.937. The molecule has 0 aromatic rings. The van der Waals surface area contributed by atoms with Gasteiger partial charge in [-0.1, -0.05) is 32.1 Å². The summed E-state index contributed by atoms with van der Waals surface area (Å²) in [4.78, 5) is 20.6. The molecular weight excluding hydrogens is 194 g/mol. The third-order valence-corrected chi connectivity index (χ3v) is 2.31. The van der Waals surface area contributed by atoms with Gasteiger partial charge >= 0.3 is 5.97 Å². The summed E-state index contributed by atoms with van der Waals surface area (Å²) in [7, 11) is 0. The minimum absolute atomic E-state index is 0.226. The quantitative estimate of drug-likeness (QED) is 0.547. The van der Waals surface area contributed by atoms with Gasteiger partial charge in [0.25, 0.3) is 0 Å². The lowest BCUT2D eigenvalue weighted by molar-refractivity contribution is -0.137. The van der Waals surface area contributed by atoms with E-state index in [1.807, 2.05) is 0 Å². The number of nitrogens with two attached hydrogens (primary N) is 1. The van der Waals surface area contributed by atoms with Crippen molar-refractivity contribution in [2.75, 3.05) is 0 Å². The Hall–Kier alpha value is -1.06. The number of hydrogen-bond donors (Lipinski definition) is 2. The first-order valence-electron chi connectivity index (χ1n) is 5.63. The van der Waals surface area contributed by atoms with Gasteiger partial charge in [-0.3, -0.25) is 9.59 Å². The highest BCUT2D eigenvalue weighted by atomic mass is 16.4. The molecule has 0 saturated carbocycles. The molecule has 0 atom stereocenters. The van der Waals surface area contributed by atoms with Gasteiger partial charge in [-0.05, 0) is 12.8 Å². The molecule has 0 bridgehead atoms. The van der Waals surface area contributed by atoms with Crippen LogP contribution in [0.5, 0.6) is 0 Å². The maximum Gasteiger partial charge on any atom is 0.303 e. The molecule has 0 unspecified atom stereocenters. The average molecular weight is 215 g/mol. The van der Waals surface area contributed by atoms with Crippen molar-refractivity contribution in [1.29, 1.82) is 0 Å². The van der Waals surface area contributed by atoms with Crippen molar-refractivity contribution >= 4 is 11.9 Å². The predicted octanol–water partition coefficient (Wildman–Crippen LogP) is 2.07. The topological polar surface area (TPSA) is 80.4 Å². The van der Waals surface area contributed by atoms with E-state index in [2.05, 4.69) is 0 Å². The lowest BCUT2D eigenvalue weighted by atomic mass is 10.1. The summed E-state index contributed by atoms with van der Waals surface area (Å²) in [6, 6.07) is 0. The first-order valence-corrected chi connectivity index (χ1v) is 5.63. The summed E-state index contributed by atoms with van der Waals surface area (Å²) in [6.45, 7) is 0. The Labute approximate surface area is 90.8 Å². The van der Waals surface area contributed by atoms with Gasteiger partial charge in [0.2, 0.25) is 5.91 Å². The average Bonchev–Trinajstić information content (AvgIpc) is 2.14. The van der Waals surface area contributed by atoms with Crippen LogP contribution >= 0.6 is 0 Å². The van der Waals surface area contributed by atoms with E-state index in [4.69, 9.17) is 10.8 Å². The normalized spacial score (nSPS) is 10.1. The number of aliphatic carboxylic acids is 1. The third kappa shape index (κ3) is 12.9. The second kappa shape index (κ2) is 9.49. The Morgan fingerprint density at radius 2 is 1.20 bits per heavy atom. The Morgan fingerprint density at radius 3 is 1.60 bits per heavy atom. The van der Waals surface area contributed by atoms with Crippen LogP contribution in [-0.2, 0) is 9.59 Å². The van der Waals surface area contributed by atoms with Gasteiger partial charge < -0.3 is 10.8 Å². The van der Waals surface area contributed by atoms with Crippen molar-refractivity contribution in [2.24, 2.45) is 5.73 Å². The van der Waals surface area contributed by atoms with Crippen LogP contribution in [0.1, 0.15) is 57.8 Å². The fourth-order valence-electron chi connectivity index (χ4n) is 1.46. The van der Waals surface area contributed by atoms with E-state index in [9.17, 15) is 9.59 Å². The Kier molecular flexibility index (Phi) is 8.82. The van der Waals surface area contributed by atoms with Crippen LogP contribution in [0, 0.1) is 0 Å². The number of unbranched alkanes of at least 4 members (excludes halogenated alkanes) is 6.